The number of amides is 1. The molecule has 1 aliphatic heterocycles. The Morgan fingerprint density at radius 2 is 2.00 bits per heavy atom. The van der Waals surface area contributed by atoms with Crippen LogP contribution >= 0.6 is 0 Å². The molecule has 0 bridgehead atoms. The van der Waals surface area contributed by atoms with Crippen LogP contribution in [0.3, 0.4) is 0 Å². The number of rotatable bonds is 2. The Kier molecular flexibility index (Phi) is 3.91. The number of nitrogens with two attached hydrogens (primary N) is 1. The van der Waals surface area contributed by atoms with Crippen molar-refractivity contribution in [3.63, 3.8) is 0 Å². The number of ether oxygens (including phenoxy) is 1. The predicted molar refractivity (Wildman–Crippen MR) is 78.3 cm³/mol. The minimum absolute atomic E-state index is 0.0467. The Morgan fingerprint density at radius 3 is 2.57 bits per heavy atom. The molecule has 1 aromatic rings. The maximum absolute atomic E-state index is 12.6. The summed E-state index contributed by atoms with van der Waals surface area (Å²) in [5.74, 6) is -1.03. The SMILES string of the molecule is CC(C)(C)[C@@H](N)C(=O)N1CC(C(=O)O)Oc2ccccc21. The maximum Gasteiger partial charge on any atom is 0.346 e. The summed E-state index contributed by atoms with van der Waals surface area (Å²) in [4.78, 5) is 25.2. The van der Waals surface area contributed by atoms with E-state index < -0.39 is 23.5 Å². The fraction of sp³-hybridized carbons (Fsp3) is 0.467. The first kappa shape index (κ1) is 15.3. The first-order chi connectivity index (χ1) is 9.71. The van der Waals surface area contributed by atoms with Crippen LogP contribution in [-0.2, 0) is 9.59 Å². The van der Waals surface area contributed by atoms with Crippen LogP contribution in [0.15, 0.2) is 24.3 Å². The van der Waals surface area contributed by atoms with E-state index in [1.807, 2.05) is 20.8 Å². The Bertz CT molecular complexity index is 565. The average molecular weight is 292 g/mol. The first-order valence-corrected chi connectivity index (χ1v) is 6.77. The van der Waals surface area contributed by atoms with E-state index in [1.54, 1.807) is 24.3 Å². The number of hydrogen-bond donors (Lipinski definition) is 2. The molecule has 3 N–H and O–H groups in total. The molecule has 1 amide bonds. The van der Waals surface area contributed by atoms with Gasteiger partial charge >= 0.3 is 5.97 Å². The highest BCUT2D eigenvalue weighted by Gasteiger charge is 2.38. The second kappa shape index (κ2) is 5.37. The van der Waals surface area contributed by atoms with Gasteiger partial charge in [0.05, 0.1) is 18.3 Å². The summed E-state index contributed by atoms with van der Waals surface area (Å²) in [5.41, 5.74) is 6.17. The molecule has 2 rings (SSSR count). The summed E-state index contributed by atoms with van der Waals surface area (Å²) in [6, 6.07) is 6.15. The standard InChI is InChI=1S/C15H20N2O4/c1-15(2,3)12(16)13(18)17-8-11(14(19)20)21-10-7-5-4-6-9(10)17/h4-7,11-12H,8,16H2,1-3H3,(H,19,20)/t11?,12-/m0/s1. The third kappa shape index (κ3) is 3.00. The van der Waals surface area contributed by atoms with Gasteiger partial charge in [-0.25, -0.2) is 4.79 Å². The normalized spacial score (nSPS) is 19.4. The number of fused-ring (bicyclic) bond motifs is 1. The topological polar surface area (TPSA) is 92.9 Å². The molecular weight excluding hydrogens is 272 g/mol. The number of anilines is 1. The van der Waals surface area contributed by atoms with E-state index in [0.29, 0.717) is 11.4 Å². The van der Waals surface area contributed by atoms with Gasteiger partial charge in [0.15, 0.2) is 0 Å². The van der Waals surface area contributed by atoms with Gasteiger partial charge in [0.25, 0.3) is 0 Å². The van der Waals surface area contributed by atoms with Crippen molar-refractivity contribution in [1.82, 2.24) is 0 Å². The number of carboxylic acid groups (broad SMARTS) is 1. The molecule has 1 aromatic carbocycles. The van der Waals surface area contributed by atoms with Crippen LogP contribution in [0.25, 0.3) is 0 Å². The van der Waals surface area contributed by atoms with Gasteiger partial charge in [0.2, 0.25) is 12.0 Å². The second-order valence-corrected chi connectivity index (χ2v) is 6.20. The zero-order chi connectivity index (χ0) is 15.8. The molecule has 0 aromatic heterocycles. The highest BCUT2D eigenvalue weighted by atomic mass is 16.5. The Labute approximate surface area is 123 Å². The molecule has 0 radical (unpaired) electrons. The summed E-state index contributed by atoms with van der Waals surface area (Å²) in [7, 11) is 0. The van der Waals surface area contributed by atoms with Gasteiger partial charge in [-0.2, -0.15) is 0 Å². The van der Waals surface area contributed by atoms with Gasteiger partial charge in [0.1, 0.15) is 5.75 Å². The van der Waals surface area contributed by atoms with Gasteiger partial charge in [-0.15, -0.1) is 0 Å². The Morgan fingerprint density at radius 1 is 1.38 bits per heavy atom. The van der Waals surface area contributed by atoms with Crippen molar-refractivity contribution >= 4 is 17.6 Å². The van der Waals surface area contributed by atoms with Crippen LogP contribution in [0.1, 0.15) is 20.8 Å². The molecule has 6 heteroatoms. The number of aliphatic carboxylic acids is 1. The fourth-order valence-electron chi connectivity index (χ4n) is 2.11. The van der Waals surface area contributed by atoms with Crippen molar-refractivity contribution in [3.8, 4) is 5.75 Å². The van der Waals surface area contributed by atoms with E-state index in [-0.39, 0.29) is 12.5 Å². The molecule has 1 heterocycles. The third-order valence-corrected chi connectivity index (χ3v) is 3.51. The van der Waals surface area contributed by atoms with Crippen LogP contribution in [0.2, 0.25) is 0 Å². The number of carbonyl (C=O) groups is 2. The van der Waals surface area contributed by atoms with E-state index in [4.69, 9.17) is 15.6 Å². The lowest BCUT2D eigenvalue weighted by molar-refractivity contribution is -0.145. The molecule has 6 nitrogen and oxygen atoms in total. The number of nitrogens with zero attached hydrogens (tertiary/aromatic N) is 1. The van der Waals surface area contributed by atoms with E-state index >= 15 is 0 Å². The van der Waals surface area contributed by atoms with Gasteiger partial charge in [-0.05, 0) is 17.5 Å². The first-order valence-electron chi connectivity index (χ1n) is 6.77. The van der Waals surface area contributed by atoms with E-state index in [2.05, 4.69) is 0 Å². The highest BCUT2D eigenvalue weighted by molar-refractivity contribution is 6.00. The molecule has 114 valence electrons. The monoisotopic (exact) mass is 292 g/mol. The molecule has 1 unspecified atom stereocenters. The average Bonchev–Trinajstić information content (AvgIpc) is 2.43. The number of benzene rings is 1. The molecule has 0 spiro atoms. The third-order valence-electron chi connectivity index (χ3n) is 3.51. The molecule has 0 aliphatic carbocycles. The summed E-state index contributed by atoms with van der Waals surface area (Å²) < 4.78 is 5.40. The minimum Gasteiger partial charge on any atom is -0.478 e. The summed E-state index contributed by atoms with van der Waals surface area (Å²) in [6.07, 6.45) is -1.09. The van der Waals surface area contributed by atoms with Crippen molar-refractivity contribution < 1.29 is 19.4 Å². The van der Waals surface area contributed by atoms with Crippen LogP contribution in [-0.4, -0.2) is 35.7 Å². The second-order valence-electron chi connectivity index (χ2n) is 6.20. The lowest BCUT2D eigenvalue weighted by Gasteiger charge is -2.37. The van der Waals surface area contributed by atoms with Gasteiger partial charge in [0, 0.05) is 0 Å². The smallest absolute Gasteiger partial charge is 0.346 e. The van der Waals surface area contributed by atoms with Crippen molar-refractivity contribution in [3.05, 3.63) is 24.3 Å². The van der Waals surface area contributed by atoms with E-state index in [1.165, 1.54) is 4.90 Å². The quantitative estimate of drug-likeness (QED) is 0.855. The molecule has 0 saturated heterocycles. The Balaban J connectivity index is 2.38. The van der Waals surface area contributed by atoms with Crippen molar-refractivity contribution in [1.29, 1.82) is 0 Å². The van der Waals surface area contributed by atoms with Gasteiger partial charge in [-0.3, -0.25) is 4.79 Å². The van der Waals surface area contributed by atoms with Crippen molar-refractivity contribution in [2.45, 2.75) is 32.9 Å². The molecular formula is C15H20N2O4. The Hall–Kier alpha value is -2.08. The predicted octanol–water partition coefficient (Wildman–Crippen LogP) is 1.24. The van der Waals surface area contributed by atoms with Gasteiger partial charge in [-0.1, -0.05) is 32.9 Å². The van der Waals surface area contributed by atoms with Crippen LogP contribution in [0.4, 0.5) is 5.69 Å². The number of hydrogen-bond acceptors (Lipinski definition) is 4. The highest BCUT2D eigenvalue weighted by Crippen LogP contribution is 2.34. The van der Waals surface area contributed by atoms with Gasteiger partial charge < -0.3 is 20.5 Å². The molecule has 0 fully saturated rings. The van der Waals surface area contributed by atoms with Crippen molar-refractivity contribution in [2.24, 2.45) is 11.1 Å². The number of carboxylic acids is 1. The molecule has 1 aliphatic rings. The number of para-hydroxylation sites is 2. The van der Waals surface area contributed by atoms with E-state index in [9.17, 15) is 9.59 Å². The minimum atomic E-state index is -1.10. The van der Waals surface area contributed by atoms with Crippen LogP contribution in [0.5, 0.6) is 5.75 Å². The van der Waals surface area contributed by atoms with E-state index in [0.717, 1.165) is 0 Å². The fourth-order valence-corrected chi connectivity index (χ4v) is 2.11. The zero-order valence-corrected chi connectivity index (χ0v) is 12.4. The van der Waals surface area contributed by atoms with Crippen LogP contribution in [0, 0.1) is 5.41 Å². The largest absolute Gasteiger partial charge is 0.478 e. The lowest BCUT2D eigenvalue weighted by Crippen LogP contribution is -2.55. The summed E-state index contributed by atoms with van der Waals surface area (Å²) >= 11 is 0. The lowest BCUT2D eigenvalue weighted by atomic mass is 9.86. The molecule has 0 saturated carbocycles. The van der Waals surface area contributed by atoms with Crippen molar-refractivity contribution in [2.75, 3.05) is 11.4 Å². The number of carbonyl (C=O) groups excluding carboxylic acids is 1. The molecule has 2 atom stereocenters. The van der Waals surface area contributed by atoms with Crippen LogP contribution < -0.4 is 15.4 Å². The zero-order valence-electron chi connectivity index (χ0n) is 12.4. The summed E-state index contributed by atoms with van der Waals surface area (Å²) in [6.45, 7) is 5.57. The molecule has 21 heavy (non-hydrogen) atoms. The summed E-state index contributed by atoms with van der Waals surface area (Å²) in [5, 5.41) is 9.17. The maximum atomic E-state index is 12.6.